The molecule has 0 saturated heterocycles. The van der Waals surface area contributed by atoms with Crippen molar-refractivity contribution in [3.8, 4) is 0 Å². The van der Waals surface area contributed by atoms with Crippen LogP contribution in [-0.2, 0) is 32.7 Å². The zero-order chi connectivity index (χ0) is 11.4. The fraction of sp³-hybridized carbons (Fsp3) is 0.889. The number of halogens is 3. The molecule has 0 aromatic rings. The summed E-state index contributed by atoms with van der Waals surface area (Å²) in [5, 5.41) is 3.42. The van der Waals surface area contributed by atoms with E-state index >= 15 is 0 Å². The van der Waals surface area contributed by atoms with Crippen molar-refractivity contribution in [2.45, 2.75) is 45.8 Å². The molecule has 0 saturated carbocycles. The fourth-order valence-electron chi connectivity index (χ4n) is 0.794. The van der Waals surface area contributed by atoms with Gasteiger partial charge in [-0.05, 0) is 12.0 Å². The third-order valence-electron chi connectivity index (χ3n) is 1.22. The Morgan fingerprint density at radius 3 is 1.93 bits per heavy atom. The van der Waals surface area contributed by atoms with Crippen LogP contribution in [0, 0.1) is 0 Å². The predicted octanol–water partition coefficient (Wildman–Crippen LogP) is 3.53. The molecule has 0 fully saturated rings. The number of hydrogen-bond acceptors (Lipinski definition) is 1. The molecule has 0 aromatic heterocycles. The molecule has 0 rings (SSSR count). The van der Waals surface area contributed by atoms with Gasteiger partial charge in [0, 0.05) is 39.3 Å². The van der Waals surface area contributed by atoms with E-state index in [1.54, 1.807) is 6.92 Å². The Bertz CT molecular complexity index is 206. The number of nitrogens with zero attached hydrogens (tertiary/aromatic N) is 2. The van der Waals surface area contributed by atoms with Gasteiger partial charge in [0.05, 0.1) is 0 Å². The SMILES string of the molecule is CCC(=NC(C)(C)C)[N-]CC(F)(F)F.[Y]. The molecule has 1 radical (unpaired) electrons. The molecule has 0 heterocycles. The van der Waals surface area contributed by atoms with Crippen LogP contribution in [0.5, 0.6) is 0 Å². The smallest absolute Gasteiger partial charge is 0.388 e. The van der Waals surface area contributed by atoms with Crippen LogP contribution >= 0.6 is 0 Å². The van der Waals surface area contributed by atoms with Crippen LogP contribution in [0.2, 0.25) is 0 Å². The van der Waals surface area contributed by atoms with Gasteiger partial charge in [-0.3, -0.25) is 0 Å². The molecule has 0 aliphatic carbocycles. The van der Waals surface area contributed by atoms with Crippen LogP contribution < -0.4 is 0 Å². The average molecular weight is 298 g/mol. The quantitative estimate of drug-likeness (QED) is 0.551. The Morgan fingerprint density at radius 2 is 1.67 bits per heavy atom. The molecule has 0 aliphatic heterocycles. The summed E-state index contributed by atoms with van der Waals surface area (Å²) in [5.74, 6) is 0.273. The van der Waals surface area contributed by atoms with Crippen molar-refractivity contribution in [2.75, 3.05) is 6.54 Å². The average Bonchev–Trinajstić information content (AvgIpc) is 1.94. The minimum atomic E-state index is -4.24. The van der Waals surface area contributed by atoms with Gasteiger partial charge in [-0.15, -0.1) is 0 Å². The summed E-state index contributed by atoms with van der Waals surface area (Å²) in [7, 11) is 0. The Labute approximate surface area is 114 Å². The van der Waals surface area contributed by atoms with Gasteiger partial charge in [-0.25, -0.2) is 0 Å². The van der Waals surface area contributed by atoms with Gasteiger partial charge < -0.3 is 10.3 Å². The van der Waals surface area contributed by atoms with E-state index in [1.807, 2.05) is 20.8 Å². The van der Waals surface area contributed by atoms with Gasteiger partial charge >= 0.3 is 6.18 Å². The molecular weight excluding hydrogens is 282 g/mol. The molecule has 6 heteroatoms. The van der Waals surface area contributed by atoms with E-state index in [2.05, 4.69) is 10.3 Å². The molecule has 0 unspecified atom stereocenters. The first kappa shape index (κ1) is 17.7. The maximum atomic E-state index is 11.8. The third kappa shape index (κ3) is 12.3. The first-order valence-electron chi connectivity index (χ1n) is 4.47. The molecule has 0 aliphatic rings. The second kappa shape index (κ2) is 6.84. The second-order valence-corrected chi connectivity index (χ2v) is 3.98. The fourth-order valence-corrected chi connectivity index (χ4v) is 0.794. The minimum absolute atomic E-state index is 0. The van der Waals surface area contributed by atoms with Gasteiger partial charge in [0.15, 0.2) is 0 Å². The summed E-state index contributed by atoms with van der Waals surface area (Å²) in [6, 6.07) is 0. The molecule has 0 aromatic carbocycles. The predicted molar refractivity (Wildman–Crippen MR) is 51.8 cm³/mol. The van der Waals surface area contributed by atoms with E-state index in [0.717, 1.165) is 0 Å². The molecular formula is C9H16F3N2Y-. The molecule has 0 atom stereocenters. The summed E-state index contributed by atoms with van der Waals surface area (Å²) >= 11 is 0. The van der Waals surface area contributed by atoms with Crippen molar-refractivity contribution in [1.82, 2.24) is 0 Å². The van der Waals surface area contributed by atoms with Crippen molar-refractivity contribution in [3.05, 3.63) is 5.32 Å². The van der Waals surface area contributed by atoms with Gasteiger partial charge in [0.25, 0.3) is 0 Å². The number of alkyl halides is 3. The maximum absolute atomic E-state index is 11.8. The molecule has 0 N–H and O–H groups in total. The van der Waals surface area contributed by atoms with E-state index in [-0.39, 0.29) is 44.1 Å². The van der Waals surface area contributed by atoms with E-state index in [1.165, 1.54) is 0 Å². The number of hydrogen-bond donors (Lipinski definition) is 0. The van der Waals surface area contributed by atoms with Crippen LogP contribution in [0.15, 0.2) is 4.99 Å². The van der Waals surface area contributed by atoms with Gasteiger partial charge in [0.2, 0.25) is 0 Å². The maximum Gasteiger partial charge on any atom is 0.388 e. The number of aliphatic imine (C=N–C) groups is 1. The third-order valence-corrected chi connectivity index (χ3v) is 1.22. The van der Waals surface area contributed by atoms with Crippen LogP contribution in [0.1, 0.15) is 34.1 Å². The second-order valence-electron chi connectivity index (χ2n) is 3.98. The van der Waals surface area contributed by atoms with Gasteiger partial charge in [-0.2, -0.15) is 13.2 Å². The van der Waals surface area contributed by atoms with Gasteiger partial charge in [0.1, 0.15) is 0 Å². The molecule has 0 spiro atoms. The number of amidine groups is 1. The Balaban J connectivity index is 0. The first-order valence-corrected chi connectivity index (χ1v) is 4.47. The Hall–Kier alpha value is 0.364. The minimum Gasteiger partial charge on any atom is -0.463 e. The summed E-state index contributed by atoms with van der Waals surface area (Å²) < 4.78 is 35.5. The largest absolute Gasteiger partial charge is 0.463 e. The van der Waals surface area contributed by atoms with E-state index in [9.17, 15) is 13.2 Å². The van der Waals surface area contributed by atoms with Crippen LogP contribution in [0.25, 0.3) is 5.32 Å². The standard InChI is InChI=1S/C9H16F3N2.Y/c1-5-7(14-8(2,3)4)13-6-9(10,11)12;/h5-6H2,1-4H3;/q-1;. The topological polar surface area (TPSA) is 26.5 Å². The summed E-state index contributed by atoms with van der Waals surface area (Å²) in [6.07, 6.45) is -3.82. The van der Waals surface area contributed by atoms with Crippen molar-refractivity contribution in [1.29, 1.82) is 0 Å². The zero-order valence-electron chi connectivity index (χ0n) is 9.52. The summed E-state index contributed by atoms with van der Waals surface area (Å²) in [6.45, 7) is 6.07. The molecule has 2 nitrogen and oxygen atoms in total. The van der Waals surface area contributed by atoms with Crippen LogP contribution in [-0.4, -0.2) is 24.1 Å². The van der Waals surface area contributed by atoms with E-state index in [0.29, 0.717) is 6.42 Å². The van der Waals surface area contributed by atoms with Gasteiger partial charge in [-0.1, -0.05) is 33.5 Å². The monoisotopic (exact) mass is 298 g/mol. The van der Waals surface area contributed by atoms with E-state index < -0.39 is 12.7 Å². The van der Waals surface area contributed by atoms with Crippen molar-refractivity contribution < 1.29 is 45.9 Å². The first-order chi connectivity index (χ1) is 6.14. The van der Waals surface area contributed by atoms with Crippen molar-refractivity contribution in [2.24, 2.45) is 4.99 Å². The van der Waals surface area contributed by atoms with E-state index in [4.69, 9.17) is 0 Å². The summed E-state index contributed by atoms with van der Waals surface area (Å²) in [4.78, 5) is 4.08. The van der Waals surface area contributed by atoms with Crippen molar-refractivity contribution >= 4 is 5.84 Å². The Kier molecular flexibility index (Phi) is 8.10. The molecule has 0 bridgehead atoms. The van der Waals surface area contributed by atoms with Crippen molar-refractivity contribution in [3.63, 3.8) is 0 Å². The van der Waals surface area contributed by atoms with Crippen LogP contribution in [0.3, 0.4) is 0 Å². The Morgan fingerprint density at radius 1 is 1.20 bits per heavy atom. The molecule has 87 valence electrons. The zero-order valence-corrected chi connectivity index (χ0v) is 12.4. The molecule has 0 amide bonds. The normalized spacial score (nSPS) is 13.4. The summed E-state index contributed by atoms with van der Waals surface area (Å²) in [5.41, 5.74) is -0.375. The number of rotatable bonds is 2. The molecule has 15 heavy (non-hydrogen) atoms. The van der Waals surface area contributed by atoms with Crippen LogP contribution in [0.4, 0.5) is 13.2 Å².